The van der Waals surface area contributed by atoms with Crippen LogP contribution in [-0.4, -0.2) is 38.5 Å². The van der Waals surface area contributed by atoms with Crippen LogP contribution >= 0.6 is 0 Å². The maximum absolute atomic E-state index is 11.4. The predicted molar refractivity (Wildman–Crippen MR) is 76.5 cm³/mol. The van der Waals surface area contributed by atoms with Crippen molar-refractivity contribution in [3.05, 3.63) is 35.4 Å². The van der Waals surface area contributed by atoms with E-state index in [-0.39, 0.29) is 12.6 Å². The zero-order valence-electron chi connectivity index (χ0n) is 12.4. The van der Waals surface area contributed by atoms with Crippen molar-refractivity contribution in [1.29, 1.82) is 0 Å². The van der Waals surface area contributed by atoms with E-state index in [1.54, 1.807) is 24.3 Å². The number of rotatable bonds is 4. The summed E-state index contributed by atoms with van der Waals surface area (Å²) in [4.78, 5) is 12.8. The Morgan fingerprint density at radius 3 is 2.00 bits per heavy atom. The lowest BCUT2D eigenvalue weighted by Gasteiger charge is -2.38. The highest BCUT2D eigenvalue weighted by Crippen LogP contribution is 2.28. The van der Waals surface area contributed by atoms with Gasteiger partial charge in [-0.1, -0.05) is 24.3 Å². The van der Waals surface area contributed by atoms with Crippen molar-refractivity contribution < 1.29 is 20.1 Å². The van der Waals surface area contributed by atoms with Gasteiger partial charge in [-0.15, -0.1) is 0 Å². The lowest BCUT2D eigenvalue weighted by molar-refractivity contribution is 0.0751. The first-order valence-corrected chi connectivity index (χ1v) is 6.59. The van der Waals surface area contributed by atoms with Crippen molar-refractivity contribution in [2.24, 2.45) is 0 Å². The molecule has 0 radical (unpaired) electrons. The topological polar surface area (TPSA) is 81.0 Å². The van der Waals surface area contributed by atoms with Gasteiger partial charge in [-0.25, -0.2) is 4.79 Å². The average Bonchev–Trinajstić information content (AvgIpc) is 2.35. The van der Waals surface area contributed by atoms with E-state index in [4.69, 9.17) is 5.11 Å². The van der Waals surface area contributed by atoms with Gasteiger partial charge < -0.3 is 15.3 Å². The maximum atomic E-state index is 11.4. The Morgan fingerprint density at radius 1 is 1.20 bits per heavy atom. The van der Waals surface area contributed by atoms with E-state index in [1.807, 2.05) is 27.7 Å². The van der Waals surface area contributed by atoms with Crippen LogP contribution in [0.1, 0.15) is 51.0 Å². The first-order valence-electron chi connectivity index (χ1n) is 6.59. The molecule has 20 heavy (non-hydrogen) atoms. The maximum Gasteiger partial charge on any atom is 0.408 e. The van der Waals surface area contributed by atoms with Crippen LogP contribution in [0.15, 0.2) is 24.3 Å². The van der Waals surface area contributed by atoms with Gasteiger partial charge in [0.2, 0.25) is 0 Å². The van der Waals surface area contributed by atoms with Crippen LogP contribution in [-0.2, 0) is 0 Å². The van der Waals surface area contributed by atoms with Crippen molar-refractivity contribution in [3.8, 4) is 0 Å². The Bertz CT molecular complexity index is 450. The molecular formula is C15H23NO4. The Labute approximate surface area is 119 Å². The van der Waals surface area contributed by atoms with E-state index in [9.17, 15) is 15.0 Å². The van der Waals surface area contributed by atoms with Crippen LogP contribution in [0.5, 0.6) is 0 Å². The number of aliphatic hydroxyl groups is 2. The molecule has 0 fully saturated rings. The van der Waals surface area contributed by atoms with Crippen molar-refractivity contribution in [1.82, 2.24) is 4.90 Å². The molecule has 0 aliphatic heterocycles. The molecule has 5 heteroatoms. The minimum atomic E-state index is -0.968. The van der Waals surface area contributed by atoms with Crippen molar-refractivity contribution >= 4 is 6.09 Å². The summed E-state index contributed by atoms with van der Waals surface area (Å²) in [7, 11) is 0. The van der Waals surface area contributed by atoms with E-state index in [0.717, 1.165) is 5.56 Å². The number of carboxylic acid groups (broad SMARTS) is 1. The molecule has 0 heterocycles. The molecule has 1 amide bonds. The second-order valence-corrected chi connectivity index (χ2v) is 5.86. The molecule has 0 aliphatic rings. The van der Waals surface area contributed by atoms with Gasteiger partial charge in [0, 0.05) is 5.54 Å². The molecule has 5 nitrogen and oxygen atoms in total. The van der Waals surface area contributed by atoms with Crippen LogP contribution in [0.4, 0.5) is 4.79 Å². The first kappa shape index (κ1) is 16.5. The summed E-state index contributed by atoms with van der Waals surface area (Å²) in [5.41, 5.74) is 0.950. The lowest BCUT2D eigenvalue weighted by atomic mass is 9.98. The van der Waals surface area contributed by atoms with Crippen LogP contribution < -0.4 is 0 Å². The molecule has 0 saturated heterocycles. The summed E-state index contributed by atoms with van der Waals surface area (Å²) in [6.45, 7) is 7.04. The number of hydrogen-bond donors (Lipinski definition) is 3. The molecule has 1 aromatic rings. The monoisotopic (exact) mass is 281 g/mol. The number of aliphatic hydroxyl groups excluding tert-OH is 2. The van der Waals surface area contributed by atoms with E-state index in [1.165, 1.54) is 4.90 Å². The molecule has 0 saturated carbocycles. The quantitative estimate of drug-likeness (QED) is 0.792. The average molecular weight is 281 g/mol. The SMILES string of the molecule is C[C@@H](c1ccc(C(O)CO)cc1)N(C(=O)O)C(C)(C)C. The minimum Gasteiger partial charge on any atom is -0.465 e. The summed E-state index contributed by atoms with van der Waals surface area (Å²) in [6.07, 6.45) is -1.87. The highest BCUT2D eigenvalue weighted by Gasteiger charge is 2.31. The van der Waals surface area contributed by atoms with Gasteiger partial charge in [-0.2, -0.15) is 0 Å². The number of hydrogen-bond acceptors (Lipinski definition) is 3. The van der Waals surface area contributed by atoms with Crippen molar-refractivity contribution in [2.75, 3.05) is 6.61 Å². The van der Waals surface area contributed by atoms with E-state index >= 15 is 0 Å². The summed E-state index contributed by atoms with van der Waals surface area (Å²) >= 11 is 0. The number of amides is 1. The molecule has 1 aromatic carbocycles. The van der Waals surface area contributed by atoms with Crippen LogP contribution in [0.25, 0.3) is 0 Å². The van der Waals surface area contributed by atoms with Gasteiger partial charge in [0.15, 0.2) is 0 Å². The zero-order valence-corrected chi connectivity index (χ0v) is 12.4. The number of nitrogens with zero attached hydrogens (tertiary/aromatic N) is 1. The molecular weight excluding hydrogens is 258 g/mol. The molecule has 0 bridgehead atoms. The summed E-state index contributed by atoms with van der Waals surface area (Å²) in [5, 5.41) is 27.8. The molecule has 0 spiro atoms. The van der Waals surface area contributed by atoms with E-state index in [2.05, 4.69) is 0 Å². The largest absolute Gasteiger partial charge is 0.465 e. The highest BCUT2D eigenvalue weighted by molar-refractivity contribution is 5.66. The molecule has 112 valence electrons. The van der Waals surface area contributed by atoms with Gasteiger partial charge in [0.25, 0.3) is 0 Å². The molecule has 0 aliphatic carbocycles. The van der Waals surface area contributed by atoms with E-state index in [0.29, 0.717) is 5.56 Å². The Morgan fingerprint density at radius 2 is 1.65 bits per heavy atom. The fourth-order valence-electron chi connectivity index (χ4n) is 2.28. The fraction of sp³-hybridized carbons (Fsp3) is 0.533. The Kier molecular flexibility index (Phi) is 5.14. The third-order valence-electron chi connectivity index (χ3n) is 3.29. The standard InChI is InChI=1S/C15H23NO4/c1-10(16(14(19)20)15(2,3)4)11-5-7-12(8-6-11)13(18)9-17/h5-8,10,13,17-18H,9H2,1-4H3,(H,19,20)/t10-,13?/m0/s1. The molecule has 0 aromatic heterocycles. The minimum absolute atomic E-state index is 0.298. The normalized spacial score (nSPS) is 14.7. The smallest absolute Gasteiger partial charge is 0.408 e. The molecule has 1 rings (SSSR count). The third-order valence-corrected chi connectivity index (χ3v) is 3.29. The summed E-state index contributed by atoms with van der Waals surface area (Å²) in [5.74, 6) is 0. The van der Waals surface area contributed by atoms with Gasteiger partial charge in [-0.05, 0) is 38.8 Å². The van der Waals surface area contributed by atoms with E-state index < -0.39 is 17.7 Å². The Hall–Kier alpha value is -1.59. The predicted octanol–water partition coefficient (Wildman–Crippen LogP) is 2.55. The summed E-state index contributed by atoms with van der Waals surface area (Å²) in [6, 6.07) is 6.67. The second-order valence-electron chi connectivity index (χ2n) is 5.86. The molecule has 1 unspecified atom stereocenters. The first-order chi connectivity index (χ1) is 9.18. The summed E-state index contributed by atoms with van der Waals surface area (Å²) < 4.78 is 0. The van der Waals surface area contributed by atoms with Crippen molar-refractivity contribution in [2.45, 2.75) is 45.4 Å². The lowest BCUT2D eigenvalue weighted by Crippen LogP contribution is -2.46. The zero-order chi connectivity index (χ0) is 15.5. The van der Waals surface area contributed by atoms with Crippen LogP contribution in [0, 0.1) is 0 Å². The van der Waals surface area contributed by atoms with Gasteiger partial charge >= 0.3 is 6.09 Å². The van der Waals surface area contributed by atoms with Gasteiger partial charge in [0.05, 0.1) is 12.6 Å². The van der Waals surface area contributed by atoms with Gasteiger partial charge in [-0.3, -0.25) is 4.90 Å². The highest BCUT2D eigenvalue weighted by atomic mass is 16.4. The third kappa shape index (κ3) is 3.71. The molecule has 2 atom stereocenters. The van der Waals surface area contributed by atoms with Crippen LogP contribution in [0.3, 0.4) is 0 Å². The van der Waals surface area contributed by atoms with Crippen LogP contribution in [0.2, 0.25) is 0 Å². The van der Waals surface area contributed by atoms with Crippen molar-refractivity contribution in [3.63, 3.8) is 0 Å². The fourth-order valence-corrected chi connectivity index (χ4v) is 2.28. The molecule has 3 N–H and O–H groups in total. The number of benzene rings is 1. The Balaban J connectivity index is 3.01. The number of carbonyl (C=O) groups is 1. The van der Waals surface area contributed by atoms with Gasteiger partial charge in [0.1, 0.15) is 6.10 Å². The second kappa shape index (κ2) is 6.24.